The van der Waals surface area contributed by atoms with E-state index in [-0.39, 0.29) is 24.2 Å². The molecule has 0 bridgehead atoms. The lowest BCUT2D eigenvalue weighted by Gasteiger charge is -2.32. The predicted molar refractivity (Wildman–Crippen MR) is 128 cm³/mol. The molecule has 9 heteroatoms. The highest BCUT2D eigenvalue weighted by molar-refractivity contribution is 7.92. The molecular weight excluding hydrogens is 445 g/mol. The van der Waals surface area contributed by atoms with Crippen molar-refractivity contribution in [2.24, 2.45) is 0 Å². The molecule has 2 aromatic carbocycles. The van der Waals surface area contributed by atoms with E-state index in [0.29, 0.717) is 0 Å². The van der Waals surface area contributed by atoms with Gasteiger partial charge in [-0.15, -0.1) is 0 Å². The van der Waals surface area contributed by atoms with E-state index in [1.807, 2.05) is 45.0 Å². The fourth-order valence-corrected chi connectivity index (χ4v) is 4.13. The van der Waals surface area contributed by atoms with Crippen LogP contribution >= 0.6 is 0 Å². The van der Waals surface area contributed by atoms with Gasteiger partial charge in [0.15, 0.2) is 0 Å². The molecule has 2 amide bonds. The lowest BCUT2D eigenvalue weighted by Crippen LogP contribution is -2.52. The van der Waals surface area contributed by atoms with Gasteiger partial charge in [0.05, 0.1) is 11.9 Å². The number of anilines is 1. The number of aryl methyl sites for hydroxylation is 1. The van der Waals surface area contributed by atoms with E-state index in [0.717, 1.165) is 40.2 Å². The molecule has 0 saturated carbocycles. The van der Waals surface area contributed by atoms with Gasteiger partial charge in [0.2, 0.25) is 21.8 Å². The van der Waals surface area contributed by atoms with E-state index >= 15 is 0 Å². The van der Waals surface area contributed by atoms with Crippen molar-refractivity contribution in [2.45, 2.75) is 52.7 Å². The van der Waals surface area contributed by atoms with Crippen molar-refractivity contribution in [3.8, 4) is 0 Å². The molecule has 7 nitrogen and oxygen atoms in total. The molecule has 0 unspecified atom stereocenters. The zero-order chi connectivity index (χ0) is 24.8. The van der Waals surface area contributed by atoms with E-state index in [4.69, 9.17) is 0 Å². The Morgan fingerprint density at radius 3 is 2.27 bits per heavy atom. The molecule has 180 valence electrons. The molecule has 2 rings (SSSR count). The van der Waals surface area contributed by atoms with Crippen molar-refractivity contribution in [2.75, 3.05) is 17.1 Å². The summed E-state index contributed by atoms with van der Waals surface area (Å²) in [5.41, 5.74) is 1.99. The summed E-state index contributed by atoms with van der Waals surface area (Å²) in [5, 5.41) is 2.88. The fraction of sp³-hybridized carbons (Fsp3) is 0.417. The highest BCUT2D eigenvalue weighted by atomic mass is 32.2. The number of carbonyl (C=O) groups is 2. The second kappa shape index (κ2) is 11.3. The summed E-state index contributed by atoms with van der Waals surface area (Å²) in [6.07, 6.45) is 1.71. The van der Waals surface area contributed by atoms with Gasteiger partial charge in [0.25, 0.3) is 0 Å². The molecule has 0 heterocycles. The number of hydrogen-bond acceptors (Lipinski definition) is 4. The standard InChI is InChI=1S/C24H32FN3O4S/c1-6-18(3)26-24(30)19(4)27(15-20-9-7-8-17(2)14-20)23(29)16-28(33(5,31)32)22-12-10-21(25)11-13-22/h7-14,18-19H,6,15-16H2,1-5H3,(H,26,30)/t18-,19-/m0/s1. The number of hydrogen-bond donors (Lipinski definition) is 1. The first-order valence-electron chi connectivity index (χ1n) is 10.8. The molecule has 33 heavy (non-hydrogen) atoms. The summed E-state index contributed by atoms with van der Waals surface area (Å²) in [7, 11) is -3.85. The van der Waals surface area contributed by atoms with Gasteiger partial charge >= 0.3 is 0 Å². The molecule has 0 aliphatic carbocycles. The number of rotatable bonds is 10. The maximum Gasteiger partial charge on any atom is 0.244 e. The third kappa shape index (κ3) is 7.56. The summed E-state index contributed by atoms with van der Waals surface area (Å²) in [6.45, 7) is 6.98. The van der Waals surface area contributed by atoms with Crippen molar-refractivity contribution in [3.05, 3.63) is 65.5 Å². The molecule has 2 atom stereocenters. The lowest BCUT2D eigenvalue weighted by atomic mass is 10.1. The van der Waals surface area contributed by atoms with Crippen LogP contribution in [0.25, 0.3) is 0 Å². The van der Waals surface area contributed by atoms with Crippen LogP contribution in [0, 0.1) is 12.7 Å². The lowest BCUT2D eigenvalue weighted by molar-refractivity contribution is -0.139. The topological polar surface area (TPSA) is 86.8 Å². The first-order chi connectivity index (χ1) is 15.4. The smallest absolute Gasteiger partial charge is 0.244 e. The van der Waals surface area contributed by atoms with Crippen molar-refractivity contribution < 1.29 is 22.4 Å². The second-order valence-electron chi connectivity index (χ2n) is 8.25. The van der Waals surface area contributed by atoms with E-state index in [9.17, 15) is 22.4 Å². The minimum absolute atomic E-state index is 0.0670. The second-order valence-corrected chi connectivity index (χ2v) is 10.2. The Hall–Kier alpha value is -2.94. The van der Waals surface area contributed by atoms with E-state index < -0.39 is 34.3 Å². The number of sulfonamides is 1. The Morgan fingerprint density at radius 1 is 1.09 bits per heavy atom. The molecule has 0 spiro atoms. The maximum absolute atomic E-state index is 13.4. The molecule has 0 aromatic heterocycles. The third-order valence-electron chi connectivity index (χ3n) is 5.40. The monoisotopic (exact) mass is 477 g/mol. The van der Waals surface area contributed by atoms with Crippen LogP contribution < -0.4 is 9.62 Å². The number of nitrogens with one attached hydrogen (secondary N) is 1. The highest BCUT2D eigenvalue weighted by Crippen LogP contribution is 2.19. The molecule has 1 N–H and O–H groups in total. The quantitative estimate of drug-likeness (QED) is 0.569. The Labute approximate surface area is 195 Å². The molecular formula is C24H32FN3O4S. The van der Waals surface area contributed by atoms with Crippen molar-refractivity contribution >= 4 is 27.5 Å². The summed E-state index contributed by atoms with van der Waals surface area (Å²) < 4.78 is 39.2. The first-order valence-corrected chi connectivity index (χ1v) is 12.7. The average Bonchev–Trinajstić information content (AvgIpc) is 2.75. The first kappa shape index (κ1) is 26.3. The summed E-state index contributed by atoms with van der Waals surface area (Å²) >= 11 is 0. The van der Waals surface area contributed by atoms with Crippen molar-refractivity contribution in [1.82, 2.24) is 10.2 Å². The normalized spacial score (nSPS) is 13.2. The van der Waals surface area contributed by atoms with Crippen LogP contribution in [0.5, 0.6) is 0 Å². The van der Waals surface area contributed by atoms with Crippen LogP contribution in [0.4, 0.5) is 10.1 Å². The van der Waals surface area contributed by atoms with Gasteiger partial charge in [0.1, 0.15) is 18.4 Å². The number of carbonyl (C=O) groups excluding carboxylic acids is 2. The number of benzene rings is 2. The predicted octanol–water partition coefficient (Wildman–Crippen LogP) is 3.23. The third-order valence-corrected chi connectivity index (χ3v) is 6.54. The van der Waals surface area contributed by atoms with Crippen LogP contribution in [0.3, 0.4) is 0 Å². The van der Waals surface area contributed by atoms with Crippen LogP contribution in [-0.4, -0.2) is 50.0 Å². The van der Waals surface area contributed by atoms with Gasteiger partial charge in [-0.3, -0.25) is 13.9 Å². The SMILES string of the molecule is CC[C@H](C)NC(=O)[C@H](C)N(Cc1cccc(C)c1)C(=O)CN(c1ccc(F)cc1)S(C)(=O)=O. The zero-order valence-corrected chi connectivity index (χ0v) is 20.5. The van der Waals surface area contributed by atoms with Crippen LogP contribution in [-0.2, 0) is 26.2 Å². The number of halogens is 1. The molecule has 0 radical (unpaired) electrons. The van der Waals surface area contributed by atoms with Gasteiger partial charge in [-0.1, -0.05) is 36.8 Å². The Morgan fingerprint density at radius 2 is 1.73 bits per heavy atom. The van der Waals surface area contributed by atoms with Gasteiger partial charge in [-0.2, -0.15) is 0 Å². The number of amides is 2. The zero-order valence-electron chi connectivity index (χ0n) is 19.7. The van der Waals surface area contributed by atoms with Gasteiger partial charge in [-0.25, -0.2) is 12.8 Å². The summed E-state index contributed by atoms with van der Waals surface area (Å²) in [5.74, 6) is -1.38. The minimum Gasteiger partial charge on any atom is -0.352 e. The van der Waals surface area contributed by atoms with Crippen LogP contribution in [0.2, 0.25) is 0 Å². The number of nitrogens with zero attached hydrogens (tertiary/aromatic N) is 2. The molecule has 2 aromatic rings. The summed E-state index contributed by atoms with van der Waals surface area (Å²) in [4.78, 5) is 27.6. The minimum atomic E-state index is -3.85. The van der Waals surface area contributed by atoms with Gasteiger partial charge in [-0.05, 0) is 57.0 Å². The molecule has 0 saturated heterocycles. The van der Waals surface area contributed by atoms with Crippen molar-refractivity contribution in [1.29, 1.82) is 0 Å². The fourth-order valence-electron chi connectivity index (χ4n) is 3.28. The van der Waals surface area contributed by atoms with E-state index in [1.165, 1.54) is 17.0 Å². The van der Waals surface area contributed by atoms with Gasteiger partial charge < -0.3 is 10.2 Å². The Balaban J connectivity index is 2.37. The summed E-state index contributed by atoms with van der Waals surface area (Å²) in [6, 6.07) is 11.5. The van der Waals surface area contributed by atoms with E-state index in [1.54, 1.807) is 6.92 Å². The highest BCUT2D eigenvalue weighted by Gasteiger charge is 2.30. The van der Waals surface area contributed by atoms with E-state index in [2.05, 4.69) is 5.32 Å². The maximum atomic E-state index is 13.4. The molecule has 0 aliphatic heterocycles. The molecule has 0 fully saturated rings. The average molecular weight is 478 g/mol. The van der Waals surface area contributed by atoms with Crippen LogP contribution in [0.15, 0.2) is 48.5 Å². The Bertz CT molecular complexity index is 1070. The largest absolute Gasteiger partial charge is 0.352 e. The van der Waals surface area contributed by atoms with Gasteiger partial charge in [0, 0.05) is 12.6 Å². The van der Waals surface area contributed by atoms with Crippen LogP contribution in [0.1, 0.15) is 38.3 Å². The molecule has 0 aliphatic rings. The Kier molecular flexibility index (Phi) is 8.99. The van der Waals surface area contributed by atoms with Crippen molar-refractivity contribution in [3.63, 3.8) is 0 Å².